The molecule has 2 saturated heterocycles. The van der Waals surface area contributed by atoms with Crippen LogP contribution in [0, 0.1) is 0 Å². The topological polar surface area (TPSA) is 31.5 Å². The van der Waals surface area contributed by atoms with Gasteiger partial charge in [0.25, 0.3) is 0 Å². The number of epoxide rings is 2. The predicted molar refractivity (Wildman–Crippen MR) is 91.9 cm³/mol. The second kappa shape index (κ2) is 6.60. The fraction of sp³-hybridized carbons (Fsp3) is 0.368. The van der Waals surface area contributed by atoms with Gasteiger partial charge in [0.15, 0.2) is 0 Å². The third kappa shape index (κ3) is 4.03. The van der Waals surface area contributed by atoms with E-state index in [9.17, 15) is 0 Å². The Morgan fingerprint density at radius 2 is 1.09 bits per heavy atom. The molecule has 0 bridgehead atoms. The summed E-state index contributed by atoms with van der Waals surface area (Å²) in [4.78, 5) is 4.79. The van der Waals surface area contributed by atoms with Crippen LogP contribution in [-0.2, 0) is 9.47 Å². The lowest BCUT2D eigenvalue weighted by molar-refractivity contribution is 0.399. The van der Waals surface area contributed by atoms with E-state index < -0.39 is 0 Å². The molecule has 0 spiro atoms. The number of ether oxygens (including phenoxy) is 2. The minimum atomic E-state index is 0.366. The van der Waals surface area contributed by atoms with Crippen molar-refractivity contribution < 1.29 is 9.47 Å². The standard InChI is InChI=1S/C19H22N2O2/c1-3-7-16(8-4-1)20(11-18-13-22-18)15-21(12-19-14-23-19)17-9-5-2-6-10-17/h1-10,18-19H,11-15H2. The van der Waals surface area contributed by atoms with Crippen molar-refractivity contribution in [2.45, 2.75) is 12.2 Å². The van der Waals surface area contributed by atoms with Crippen LogP contribution in [0.1, 0.15) is 0 Å². The fourth-order valence-electron chi connectivity index (χ4n) is 2.81. The SMILES string of the molecule is c1ccc(N(CC2CO2)CN(CC2CO2)c2ccccc2)cc1. The molecule has 2 unspecified atom stereocenters. The second-order valence-corrected chi connectivity index (χ2v) is 6.17. The van der Waals surface area contributed by atoms with E-state index in [0.717, 1.165) is 33.0 Å². The molecule has 0 saturated carbocycles. The zero-order valence-electron chi connectivity index (χ0n) is 13.2. The van der Waals surface area contributed by atoms with Gasteiger partial charge in [-0.2, -0.15) is 0 Å². The van der Waals surface area contributed by atoms with Crippen LogP contribution in [0.25, 0.3) is 0 Å². The number of rotatable bonds is 8. The number of para-hydroxylation sites is 2. The third-order valence-electron chi connectivity index (χ3n) is 4.24. The first-order valence-electron chi connectivity index (χ1n) is 8.22. The molecule has 2 aliphatic rings. The van der Waals surface area contributed by atoms with Crippen molar-refractivity contribution in [3.05, 3.63) is 60.7 Å². The minimum absolute atomic E-state index is 0.366. The molecule has 4 rings (SSSR count). The van der Waals surface area contributed by atoms with Crippen LogP contribution in [0.2, 0.25) is 0 Å². The Morgan fingerprint density at radius 1 is 0.696 bits per heavy atom. The maximum Gasteiger partial charge on any atom is 0.0984 e. The van der Waals surface area contributed by atoms with E-state index in [1.54, 1.807) is 0 Å². The molecule has 4 nitrogen and oxygen atoms in total. The summed E-state index contributed by atoms with van der Waals surface area (Å²) in [5.41, 5.74) is 2.47. The van der Waals surface area contributed by atoms with Gasteiger partial charge in [0.05, 0.1) is 32.1 Å². The van der Waals surface area contributed by atoms with Crippen LogP contribution in [0.15, 0.2) is 60.7 Å². The molecule has 0 radical (unpaired) electrons. The molecule has 120 valence electrons. The van der Waals surface area contributed by atoms with Gasteiger partial charge < -0.3 is 19.3 Å². The molecule has 0 aromatic heterocycles. The summed E-state index contributed by atoms with van der Waals surface area (Å²) in [5.74, 6) is 0. The summed E-state index contributed by atoms with van der Waals surface area (Å²) in [5, 5.41) is 0. The van der Waals surface area contributed by atoms with Crippen molar-refractivity contribution in [2.75, 3.05) is 42.8 Å². The Morgan fingerprint density at radius 3 is 1.43 bits per heavy atom. The van der Waals surface area contributed by atoms with Crippen molar-refractivity contribution >= 4 is 11.4 Å². The van der Waals surface area contributed by atoms with Gasteiger partial charge >= 0.3 is 0 Å². The molecule has 2 atom stereocenters. The van der Waals surface area contributed by atoms with Crippen LogP contribution in [0.4, 0.5) is 11.4 Å². The highest BCUT2D eigenvalue weighted by Crippen LogP contribution is 2.23. The Labute approximate surface area is 137 Å². The number of benzene rings is 2. The number of hydrogen-bond acceptors (Lipinski definition) is 4. The molecule has 2 aromatic carbocycles. The van der Waals surface area contributed by atoms with Gasteiger partial charge in [0.2, 0.25) is 0 Å². The molecule has 2 aliphatic heterocycles. The number of nitrogens with zero attached hydrogens (tertiary/aromatic N) is 2. The van der Waals surface area contributed by atoms with Crippen molar-refractivity contribution in [1.82, 2.24) is 0 Å². The molecular formula is C19H22N2O2. The highest BCUT2D eigenvalue weighted by atomic mass is 16.6. The Hall–Kier alpha value is -2.04. The van der Waals surface area contributed by atoms with Crippen LogP contribution >= 0.6 is 0 Å². The molecule has 0 N–H and O–H groups in total. The Kier molecular flexibility index (Phi) is 4.18. The molecule has 2 heterocycles. The highest BCUT2D eigenvalue weighted by molar-refractivity contribution is 5.52. The van der Waals surface area contributed by atoms with Crippen molar-refractivity contribution in [3.63, 3.8) is 0 Å². The lowest BCUT2D eigenvalue weighted by atomic mass is 10.2. The molecule has 2 fully saturated rings. The first-order valence-corrected chi connectivity index (χ1v) is 8.22. The Bertz CT molecular complexity index is 556. The van der Waals surface area contributed by atoms with Gasteiger partial charge in [-0.05, 0) is 24.3 Å². The minimum Gasteiger partial charge on any atom is -0.371 e. The van der Waals surface area contributed by atoms with Gasteiger partial charge in [-0.25, -0.2) is 0 Å². The summed E-state index contributed by atoms with van der Waals surface area (Å²) in [6.07, 6.45) is 0.731. The molecule has 23 heavy (non-hydrogen) atoms. The van der Waals surface area contributed by atoms with Crippen LogP contribution in [0.5, 0.6) is 0 Å². The quantitative estimate of drug-likeness (QED) is 0.554. The summed E-state index contributed by atoms with van der Waals surface area (Å²) in [6, 6.07) is 21.1. The third-order valence-corrected chi connectivity index (χ3v) is 4.24. The maximum atomic E-state index is 5.46. The number of anilines is 2. The van der Waals surface area contributed by atoms with Crippen LogP contribution in [0.3, 0.4) is 0 Å². The zero-order chi connectivity index (χ0) is 15.5. The van der Waals surface area contributed by atoms with Crippen LogP contribution < -0.4 is 9.80 Å². The average molecular weight is 310 g/mol. The monoisotopic (exact) mass is 310 g/mol. The maximum absolute atomic E-state index is 5.46. The highest BCUT2D eigenvalue weighted by Gasteiger charge is 2.29. The normalized spacial score (nSPS) is 21.7. The summed E-state index contributed by atoms with van der Waals surface area (Å²) >= 11 is 0. The van der Waals surface area contributed by atoms with Gasteiger partial charge in [-0.15, -0.1) is 0 Å². The van der Waals surface area contributed by atoms with E-state index in [1.807, 2.05) is 0 Å². The van der Waals surface area contributed by atoms with E-state index in [4.69, 9.17) is 9.47 Å². The first kappa shape index (κ1) is 14.5. The summed E-state index contributed by atoms with van der Waals surface area (Å²) < 4.78 is 10.9. The van der Waals surface area contributed by atoms with Gasteiger partial charge in [0.1, 0.15) is 0 Å². The van der Waals surface area contributed by atoms with E-state index in [2.05, 4.69) is 70.5 Å². The van der Waals surface area contributed by atoms with Crippen molar-refractivity contribution in [3.8, 4) is 0 Å². The van der Waals surface area contributed by atoms with Crippen molar-refractivity contribution in [1.29, 1.82) is 0 Å². The molecule has 0 aliphatic carbocycles. The lowest BCUT2D eigenvalue weighted by Crippen LogP contribution is -2.42. The van der Waals surface area contributed by atoms with Gasteiger partial charge in [0, 0.05) is 24.5 Å². The predicted octanol–water partition coefficient (Wildman–Crippen LogP) is 2.75. The van der Waals surface area contributed by atoms with Crippen molar-refractivity contribution in [2.24, 2.45) is 0 Å². The molecular weight excluding hydrogens is 288 g/mol. The lowest BCUT2D eigenvalue weighted by Gasteiger charge is -2.33. The van der Waals surface area contributed by atoms with E-state index in [1.165, 1.54) is 11.4 Å². The molecule has 2 aromatic rings. The zero-order valence-corrected chi connectivity index (χ0v) is 13.2. The summed E-state index contributed by atoms with van der Waals surface area (Å²) in [7, 11) is 0. The molecule has 0 amide bonds. The average Bonchev–Trinajstić information content (AvgIpc) is 3.51. The Balaban J connectivity index is 1.53. The van der Waals surface area contributed by atoms with E-state index in [0.29, 0.717) is 12.2 Å². The van der Waals surface area contributed by atoms with Gasteiger partial charge in [-0.1, -0.05) is 36.4 Å². The molecule has 4 heteroatoms. The fourth-order valence-corrected chi connectivity index (χ4v) is 2.81. The van der Waals surface area contributed by atoms with Gasteiger partial charge in [-0.3, -0.25) is 0 Å². The first-order chi connectivity index (χ1) is 11.4. The van der Waals surface area contributed by atoms with E-state index >= 15 is 0 Å². The number of hydrogen-bond donors (Lipinski definition) is 0. The summed E-state index contributed by atoms with van der Waals surface area (Å²) in [6.45, 7) is 4.45. The second-order valence-electron chi connectivity index (χ2n) is 6.17. The largest absolute Gasteiger partial charge is 0.371 e. The van der Waals surface area contributed by atoms with Crippen LogP contribution in [-0.4, -0.2) is 45.2 Å². The van der Waals surface area contributed by atoms with E-state index in [-0.39, 0.29) is 0 Å². The smallest absolute Gasteiger partial charge is 0.0984 e.